The van der Waals surface area contributed by atoms with Crippen molar-refractivity contribution in [2.45, 2.75) is 57.9 Å². The lowest BCUT2D eigenvalue weighted by atomic mass is 9.92. The van der Waals surface area contributed by atoms with E-state index in [1.165, 1.54) is 44.9 Å². The topological polar surface area (TPSA) is 21.3 Å². The summed E-state index contributed by atoms with van der Waals surface area (Å²) in [6.45, 7) is 5.50. The highest BCUT2D eigenvalue weighted by Gasteiger charge is 2.21. The molecule has 1 aliphatic heterocycles. The van der Waals surface area contributed by atoms with Crippen molar-refractivity contribution in [2.24, 2.45) is 11.8 Å². The summed E-state index contributed by atoms with van der Waals surface area (Å²) in [5, 5.41) is 3.74. The number of hydrogen-bond acceptors (Lipinski definition) is 2. The summed E-state index contributed by atoms with van der Waals surface area (Å²) in [5.41, 5.74) is 0. The molecule has 94 valence electrons. The average Bonchev–Trinajstić information content (AvgIpc) is 2.66. The number of hydrogen-bond donors (Lipinski definition) is 1. The number of rotatable bonds is 4. The Bertz CT molecular complexity index is 181. The molecule has 0 radical (unpaired) electrons. The van der Waals surface area contributed by atoms with E-state index in [1.54, 1.807) is 0 Å². The van der Waals surface area contributed by atoms with Crippen LogP contribution in [0.3, 0.4) is 0 Å². The summed E-state index contributed by atoms with van der Waals surface area (Å²) in [6, 6.07) is 0.707. The molecule has 2 rings (SSSR count). The first-order valence-corrected chi connectivity index (χ1v) is 7.17. The largest absolute Gasteiger partial charge is 0.381 e. The van der Waals surface area contributed by atoms with Crippen LogP contribution in [0, 0.1) is 11.8 Å². The van der Waals surface area contributed by atoms with E-state index in [4.69, 9.17) is 4.74 Å². The van der Waals surface area contributed by atoms with Crippen LogP contribution in [0.15, 0.2) is 0 Å². The molecule has 0 aromatic rings. The molecule has 1 unspecified atom stereocenters. The van der Waals surface area contributed by atoms with E-state index in [9.17, 15) is 0 Å². The molecule has 0 bridgehead atoms. The summed E-state index contributed by atoms with van der Waals surface area (Å²) in [5.74, 6) is 1.69. The fraction of sp³-hybridized carbons (Fsp3) is 1.00. The van der Waals surface area contributed by atoms with Crippen LogP contribution in [0.5, 0.6) is 0 Å². The normalized spacial score (nSPS) is 30.2. The van der Waals surface area contributed by atoms with Gasteiger partial charge in [-0.2, -0.15) is 0 Å². The second-order valence-corrected chi connectivity index (χ2v) is 5.68. The Hall–Kier alpha value is -0.0800. The van der Waals surface area contributed by atoms with Crippen LogP contribution in [0.1, 0.15) is 51.9 Å². The maximum absolute atomic E-state index is 5.41. The van der Waals surface area contributed by atoms with E-state index in [2.05, 4.69) is 12.2 Å². The molecular weight excluding hydrogens is 198 g/mol. The first-order chi connectivity index (χ1) is 7.86. The van der Waals surface area contributed by atoms with Gasteiger partial charge in [0.2, 0.25) is 0 Å². The molecule has 16 heavy (non-hydrogen) atoms. The van der Waals surface area contributed by atoms with Gasteiger partial charge in [-0.15, -0.1) is 0 Å². The quantitative estimate of drug-likeness (QED) is 0.743. The van der Waals surface area contributed by atoms with Gasteiger partial charge in [-0.25, -0.2) is 0 Å². The van der Waals surface area contributed by atoms with Gasteiger partial charge in [-0.3, -0.25) is 0 Å². The fourth-order valence-electron chi connectivity index (χ4n) is 3.07. The van der Waals surface area contributed by atoms with E-state index in [0.717, 1.165) is 31.6 Å². The van der Waals surface area contributed by atoms with Crippen LogP contribution in [0.25, 0.3) is 0 Å². The molecule has 2 aliphatic rings. The highest BCUT2D eigenvalue weighted by molar-refractivity contribution is 4.77. The molecule has 1 saturated carbocycles. The van der Waals surface area contributed by atoms with Crippen molar-refractivity contribution in [2.75, 3.05) is 19.8 Å². The molecule has 1 saturated heterocycles. The lowest BCUT2D eigenvalue weighted by molar-refractivity contribution is 0.183. The maximum atomic E-state index is 5.41. The van der Waals surface area contributed by atoms with Gasteiger partial charge in [0.05, 0.1) is 6.61 Å². The van der Waals surface area contributed by atoms with Gasteiger partial charge in [0.1, 0.15) is 0 Å². The summed E-state index contributed by atoms with van der Waals surface area (Å²) in [4.78, 5) is 0. The first-order valence-electron chi connectivity index (χ1n) is 7.17. The zero-order valence-electron chi connectivity index (χ0n) is 10.7. The average molecular weight is 225 g/mol. The molecule has 2 nitrogen and oxygen atoms in total. The zero-order chi connectivity index (χ0) is 11.2. The Balaban J connectivity index is 1.66. The molecule has 0 aromatic heterocycles. The van der Waals surface area contributed by atoms with Crippen molar-refractivity contribution in [1.29, 1.82) is 0 Å². The Morgan fingerprint density at radius 2 is 1.88 bits per heavy atom. The lowest BCUT2D eigenvalue weighted by Gasteiger charge is -2.24. The summed E-state index contributed by atoms with van der Waals surface area (Å²) in [6.07, 6.45) is 9.95. The van der Waals surface area contributed by atoms with Gasteiger partial charge in [-0.1, -0.05) is 25.7 Å². The predicted molar refractivity (Wildman–Crippen MR) is 67.6 cm³/mol. The lowest BCUT2D eigenvalue weighted by Crippen LogP contribution is -2.36. The van der Waals surface area contributed by atoms with Crippen molar-refractivity contribution in [3.8, 4) is 0 Å². The molecule has 0 spiro atoms. The Labute approximate surface area is 100 Å². The molecule has 0 aromatic carbocycles. The molecule has 2 fully saturated rings. The van der Waals surface area contributed by atoms with Gasteiger partial charge >= 0.3 is 0 Å². The van der Waals surface area contributed by atoms with Crippen molar-refractivity contribution in [3.63, 3.8) is 0 Å². The minimum Gasteiger partial charge on any atom is -0.381 e. The van der Waals surface area contributed by atoms with E-state index in [1.807, 2.05) is 0 Å². The van der Waals surface area contributed by atoms with E-state index >= 15 is 0 Å². The summed E-state index contributed by atoms with van der Waals surface area (Å²) < 4.78 is 5.41. The number of nitrogens with one attached hydrogen (secondary N) is 1. The third-order valence-electron chi connectivity index (χ3n) is 4.36. The highest BCUT2D eigenvalue weighted by atomic mass is 16.5. The monoisotopic (exact) mass is 225 g/mol. The van der Waals surface area contributed by atoms with Crippen LogP contribution < -0.4 is 5.32 Å². The van der Waals surface area contributed by atoms with Crippen molar-refractivity contribution in [3.05, 3.63) is 0 Å². The van der Waals surface area contributed by atoms with Crippen LogP contribution >= 0.6 is 0 Å². The van der Waals surface area contributed by atoms with Crippen LogP contribution in [0.2, 0.25) is 0 Å². The minimum absolute atomic E-state index is 0.707. The van der Waals surface area contributed by atoms with Gasteiger partial charge in [0, 0.05) is 19.2 Å². The molecular formula is C14H27NO. The van der Waals surface area contributed by atoms with Crippen molar-refractivity contribution >= 4 is 0 Å². The zero-order valence-corrected chi connectivity index (χ0v) is 10.7. The highest BCUT2D eigenvalue weighted by Crippen LogP contribution is 2.25. The SMILES string of the molecule is C[C@H](NCC1CCOC1)C1CCCCCC1. The van der Waals surface area contributed by atoms with Crippen LogP contribution in [-0.4, -0.2) is 25.8 Å². The molecule has 1 heterocycles. The standard InChI is InChI=1S/C14H27NO/c1-12(14-6-4-2-3-5-7-14)15-10-13-8-9-16-11-13/h12-15H,2-11H2,1H3/t12-,13?/m0/s1. The second-order valence-electron chi connectivity index (χ2n) is 5.68. The third kappa shape index (κ3) is 3.74. The smallest absolute Gasteiger partial charge is 0.0507 e. The van der Waals surface area contributed by atoms with Crippen LogP contribution in [-0.2, 0) is 4.74 Å². The molecule has 0 amide bonds. The Morgan fingerprint density at radius 1 is 1.12 bits per heavy atom. The van der Waals surface area contributed by atoms with Gasteiger partial charge in [0.15, 0.2) is 0 Å². The van der Waals surface area contributed by atoms with Crippen molar-refractivity contribution in [1.82, 2.24) is 5.32 Å². The summed E-state index contributed by atoms with van der Waals surface area (Å²) >= 11 is 0. The van der Waals surface area contributed by atoms with Crippen molar-refractivity contribution < 1.29 is 4.74 Å². The van der Waals surface area contributed by atoms with Gasteiger partial charge < -0.3 is 10.1 Å². The van der Waals surface area contributed by atoms with Crippen LogP contribution in [0.4, 0.5) is 0 Å². The molecule has 2 atom stereocenters. The fourth-order valence-corrected chi connectivity index (χ4v) is 3.07. The first kappa shape index (κ1) is 12.4. The minimum atomic E-state index is 0.707. The molecule has 2 heteroatoms. The van der Waals surface area contributed by atoms with E-state index in [-0.39, 0.29) is 0 Å². The van der Waals surface area contributed by atoms with Gasteiger partial charge in [0.25, 0.3) is 0 Å². The Kier molecular flexibility index (Phi) is 5.11. The number of ether oxygens (including phenoxy) is 1. The third-order valence-corrected chi connectivity index (χ3v) is 4.36. The Morgan fingerprint density at radius 3 is 2.50 bits per heavy atom. The van der Waals surface area contributed by atoms with E-state index in [0.29, 0.717) is 6.04 Å². The summed E-state index contributed by atoms with van der Waals surface area (Å²) in [7, 11) is 0. The molecule has 1 aliphatic carbocycles. The predicted octanol–water partition coefficient (Wildman–Crippen LogP) is 2.97. The van der Waals surface area contributed by atoms with Gasteiger partial charge in [-0.05, 0) is 38.0 Å². The second kappa shape index (κ2) is 6.61. The maximum Gasteiger partial charge on any atom is 0.0507 e. The molecule has 1 N–H and O–H groups in total. The van der Waals surface area contributed by atoms with E-state index < -0.39 is 0 Å².